The number of amides is 2. The highest BCUT2D eigenvalue weighted by molar-refractivity contribution is 5.74. The number of nitrogens with zero attached hydrogens (tertiary/aromatic N) is 1. The molecular formula is C17H28N2O2. The normalized spacial score (nSPS) is 12.1. The van der Waals surface area contributed by atoms with E-state index in [1.807, 2.05) is 25.1 Å². The van der Waals surface area contributed by atoms with E-state index in [1.54, 1.807) is 11.9 Å². The number of rotatable bonds is 7. The van der Waals surface area contributed by atoms with Gasteiger partial charge in [0, 0.05) is 13.6 Å². The van der Waals surface area contributed by atoms with E-state index >= 15 is 0 Å². The molecule has 0 fully saturated rings. The molecule has 0 aliphatic rings. The highest BCUT2D eigenvalue weighted by Gasteiger charge is 2.14. The predicted octanol–water partition coefficient (Wildman–Crippen LogP) is 3.98. The van der Waals surface area contributed by atoms with Gasteiger partial charge in [0.2, 0.25) is 0 Å². The van der Waals surface area contributed by atoms with Gasteiger partial charge in [-0.15, -0.1) is 0 Å². The number of hydrogen-bond acceptors (Lipinski definition) is 2. The summed E-state index contributed by atoms with van der Waals surface area (Å²) in [5.74, 6) is 1.22. The number of hydrogen-bond donors (Lipinski definition) is 1. The van der Waals surface area contributed by atoms with Gasteiger partial charge < -0.3 is 15.0 Å². The van der Waals surface area contributed by atoms with Gasteiger partial charge in [-0.05, 0) is 30.9 Å². The van der Waals surface area contributed by atoms with Crippen LogP contribution < -0.4 is 10.1 Å². The van der Waals surface area contributed by atoms with E-state index < -0.39 is 0 Å². The predicted molar refractivity (Wildman–Crippen MR) is 86.7 cm³/mol. The van der Waals surface area contributed by atoms with Crippen LogP contribution in [0.5, 0.6) is 5.75 Å². The smallest absolute Gasteiger partial charge is 0.319 e. The topological polar surface area (TPSA) is 41.6 Å². The molecule has 0 aliphatic heterocycles. The molecule has 0 saturated heterocycles. The lowest BCUT2D eigenvalue weighted by Gasteiger charge is -2.23. The molecule has 21 heavy (non-hydrogen) atoms. The van der Waals surface area contributed by atoms with Crippen LogP contribution in [0.3, 0.4) is 0 Å². The van der Waals surface area contributed by atoms with Crippen LogP contribution in [0, 0.1) is 0 Å². The Bertz CT molecular complexity index is 446. The van der Waals surface area contributed by atoms with Crippen LogP contribution in [0.2, 0.25) is 0 Å². The van der Waals surface area contributed by atoms with Crippen molar-refractivity contribution < 1.29 is 9.53 Å². The van der Waals surface area contributed by atoms with E-state index in [1.165, 1.54) is 0 Å². The Morgan fingerprint density at radius 2 is 1.95 bits per heavy atom. The number of carbonyl (C=O) groups excluding carboxylic acids is 1. The van der Waals surface area contributed by atoms with Gasteiger partial charge in [0.25, 0.3) is 0 Å². The third kappa shape index (κ3) is 5.66. The molecule has 0 aliphatic carbocycles. The zero-order valence-corrected chi connectivity index (χ0v) is 13.8. The van der Waals surface area contributed by atoms with Gasteiger partial charge >= 0.3 is 6.03 Å². The van der Waals surface area contributed by atoms with Crippen LogP contribution >= 0.6 is 0 Å². The summed E-state index contributed by atoms with van der Waals surface area (Å²) in [5, 5.41) is 2.87. The van der Waals surface area contributed by atoms with Crippen LogP contribution in [0.4, 0.5) is 4.79 Å². The fourth-order valence-corrected chi connectivity index (χ4v) is 2.07. The van der Waals surface area contributed by atoms with Crippen molar-refractivity contribution in [3.63, 3.8) is 0 Å². The first kappa shape index (κ1) is 17.3. The molecule has 0 spiro atoms. The summed E-state index contributed by atoms with van der Waals surface area (Å²) in [7, 11) is 1.81. The van der Waals surface area contributed by atoms with E-state index in [2.05, 4.69) is 32.2 Å². The zero-order valence-electron chi connectivity index (χ0n) is 13.8. The fourth-order valence-electron chi connectivity index (χ4n) is 2.07. The van der Waals surface area contributed by atoms with E-state index in [0.29, 0.717) is 5.92 Å². The highest BCUT2D eigenvalue weighted by atomic mass is 16.5. The number of urea groups is 1. The molecule has 1 N–H and O–H groups in total. The molecule has 4 heteroatoms. The van der Waals surface area contributed by atoms with Crippen molar-refractivity contribution in [3.8, 4) is 5.75 Å². The molecule has 4 nitrogen and oxygen atoms in total. The number of unbranched alkanes of at least 4 members (excludes halogenated alkanes) is 1. The molecule has 0 aromatic heterocycles. The van der Waals surface area contributed by atoms with Crippen molar-refractivity contribution in [2.24, 2.45) is 0 Å². The van der Waals surface area contributed by atoms with Gasteiger partial charge in [0.15, 0.2) is 6.23 Å². The van der Waals surface area contributed by atoms with Gasteiger partial charge in [-0.3, -0.25) is 0 Å². The number of carbonyl (C=O) groups is 1. The summed E-state index contributed by atoms with van der Waals surface area (Å²) in [6.07, 6.45) is 1.72. The average molecular weight is 292 g/mol. The first-order chi connectivity index (χ1) is 9.95. The van der Waals surface area contributed by atoms with Gasteiger partial charge in [0.1, 0.15) is 5.75 Å². The lowest BCUT2D eigenvalue weighted by atomic mass is 10.0. The van der Waals surface area contributed by atoms with Crippen LogP contribution in [-0.2, 0) is 0 Å². The molecule has 0 bridgehead atoms. The minimum Gasteiger partial charge on any atom is -0.471 e. The largest absolute Gasteiger partial charge is 0.471 e. The second-order valence-electron chi connectivity index (χ2n) is 5.68. The summed E-state index contributed by atoms with van der Waals surface area (Å²) in [6.45, 7) is 8.98. The van der Waals surface area contributed by atoms with Crippen molar-refractivity contribution in [3.05, 3.63) is 29.8 Å². The van der Waals surface area contributed by atoms with Crippen LogP contribution in [-0.4, -0.2) is 30.8 Å². The highest BCUT2D eigenvalue weighted by Crippen LogP contribution is 2.26. The molecule has 0 saturated carbocycles. The van der Waals surface area contributed by atoms with Gasteiger partial charge in [0.05, 0.1) is 0 Å². The Morgan fingerprint density at radius 1 is 1.29 bits per heavy atom. The number of nitrogens with one attached hydrogen (secondary N) is 1. The molecular weight excluding hydrogens is 264 g/mol. The molecule has 118 valence electrons. The Hall–Kier alpha value is -1.71. The molecule has 1 unspecified atom stereocenters. The Morgan fingerprint density at radius 3 is 2.57 bits per heavy atom. The van der Waals surface area contributed by atoms with E-state index in [9.17, 15) is 4.79 Å². The average Bonchev–Trinajstić information content (AvgIpc) is 2.44. The molecule has 2 amide bonds. The maximum absolute atomic E-state index is 12.0. The summed E-state index contributed by atoms with van der Waals surface area (Å²) in [4.78, 5) is 13.7. The molecule has 1 aromatic rings. The second kappa shape index (κ2) is 8.55. The first-order valence-corrected chi connectivity index (χ1v) is 7.72. The van der Waals surface area contributed by atoms with E-state index in [4.69, 9.17) is 4.74 Å². The van der Waals surface area contributed by atoms with E-state index in [0.717, 1.165) is 30.7 Å². The second-order valence-corrected chi connectivity index (χ2v) is 5.68. The number of benzene rings is 1. The first-order valence-electron chi connectivity index (χ1n) is 7.72. The molecule has 0 heterocycles. The quantitative estimate of drug-likeness (QED) is 0.772. The summed E-state index contributed by atoms with van der Waals surface area (Å²) in [6, 6.07) is 7.85. The minimum atomic E-state index is -0.360. The summed E-state index contributed by atoms with van der Waals surface area (Å²) in [5.41, 5.74) is 1.15. The van der Waals surface area contributed by atoms with Crippen LogP contribution in [0.1, 0.15) is 52.0 Å². The summed E-state index contributed by atoms with van der Waals surface area (Å²) >= 11 is 0. The lowest BCUT2D eigenvalue weighted by molar-refractivity contribution is 0.157. The molecule has 0 radical (unpaired) electrons. The maximum Gasteiger partial charge on any atom is 0.319 e. The van der Waals surface area contributed by atoms with Crippen molar-refractivity contribution in [1.29, 1.82) is 0 Å². The van der Waals surface area contributed by atoms with Gasteiger partial charge in [-0.1, -0.05) is 45.4 Å². The van der Waals surface area contributed by atoms with Crippen molar-refractivity contribution in [2.45, 2.75) is 52.7 Å². The monoisotopic (exact) mass is 292 g/mol. The number of para-hydroxylation sites is 1. The van der Waals surface area contributed by atoms with Crippen LogP contribution in [0.25, 0.3) is 0 Å². The third-order valence-electron chi connectivity index (χ3n) is 3.37. The van der Waals surface area contributed by atoms with Crippen molar-refractivity contribution in [2.75, 3.05) is 13.6 Å². The Balaban J connectivity index is 2.57. The molecule has 1 atom stereocenters. The SMILES string of the molecule is CCCCN(C)C(=O)NC(C)Oc1ccccc1C(C)C. The minimum absolute atomic E-state index is 0.0991. The standard InChI is InChI=1S/C17H28N2O2/c1-6-7-12-19(5)17(20)18-14(4)21-16-11-9-8-10-15(16)13(2)3/h8-11,13-14H,6-7,12H2,1-5H3,(H,18,20). The summed E-state index contributed by atoms with van der Waals surface area (Å²) < 4.78 is 5.87. The molecule has 1 aromatic carbocycles. The Labute approximate surface area is 128 Å². The van der Waals surface area contributed by atoms with Crippen molar-refractivity contribution in [1.82, 2.24) is 10.2 Å². The van der Waals surface area contributed by atoms with Gasteiger partial charge in [-0.2, -0.15) is 0 Å². The maximum atomic E-state index is 12.0. The fraction of sp³-hybridized carbons (Fsp3) is 0.588. The van der Waals surface area contributed by atoms with Crippen molar-refractivity contribution >= 4 is 6.03 Å². The molecule has 1 rings (SSSR count). The third-order valence-corrected chi connectivity index (χ3v) is 3.37. The van der Waals surface area contributed by atoms with Crippen LogP contribution in [0.15, 0.2) is 24.3 Å². The van der Waals surface area contributed by atoms with E-state index in [-0.39, 0.29) is 12.3 Å². The lowest BCUT2D eigenvalue weighted by Crippen LogP contribution is -2.44. The van der Waals surface area contributed by atoms with Gasteiger partial charge in [-0.25, -0.2) is 4.79 Å². The number of ether oxygens (including phenoxy) is 1. The zero-order chi connectivity index (χ0) is 15.8. The Kier molecular flexibility index (Phi) is 7.06.